The zero-order chi connectivity index (χ0) is 20.3. The maximum atomic E-state index is 12.8. The molecule has 0 aliphatic carbocycles. The molecule has 4 nitrogen and oxygen atoms in total. The summed E-state index contributed by atoms with van der Waals surface area (Å²) < 4.78 is 1.67. The van der Waals surface area contributed by atoms with E-state index in [4.69, 9.17) is 0 Å². The van der Waals surface area contributed by atoms with Crippen LogP contribution in [0, 0.1) is 0 Å². The normalized spacial score (nSPS) is 11.3. The van der Waals surface area contributed by atoms with Crippen molar-refractivity contribution in [2.24, 2.45) is 0 Å². The highest BCUT2D eigenvalue weighted by molar-refractivity contribution is 7.15. The molecule has 3 aromatic heterocycles. The number of aromatic nitrogens is 3. The number of fused-ring (bicyclic) bond motifs is 1. The van der Waals surface area contributed by atoms with Crippen LogP contribution in [0.3, 0.4) is 0 Å². The summed E-state index contributed by atoms with van der Waals surface area (Å²) in [7, 11) is 0. The average Bonchev–Trinajstić information content (AvgIpc) is 3.24. The second-order valence-electron chi connectivity index (χ2n) is 6.82. The molecule has 0 saturated carbocycles. The van der Waals surface area contributed by atoms with Crippen LogP contribution >= 0.6 is 11.3 Å². The van der Waals surface area contributed by atoms with Crippen molar-refractivity contribution in [3.05, 3.63) is 112 Å². The van der Waals surface area contributed by atoms with E-state index >= 15 is 0 Å². The van der Waals surface area contributed by atoms with E-state index in [1.807, 2.05) is 60.0 Å². The number of rotatable bonds is 4. The Morgan fingerprint density at radius 3 is 2.37 bits per heavy atom. The monoisotopic (exact) mass is 407 g/mol. The lowest BCUT2D eigenvalue weighted by atomic mass is 10.0. The van der Waals surface area contributed by atoms with Gasteiger partial charge in [-0.3, -0.25) is 14.2 Å². The topological polar surface area (TPSA) is 47.3 Å². The minimum absolute atomic E-state index is 0.0887. The average molecular weight is 407 g/mol. The molecule has 0 N–H and O–H groups in total. The second-order valence-corrected chi connectivity index (χ2v) is 7.66. The van der Waals surface area contributed by atoms with Crippen LogP contribution in [0.2, 0.25) is 0 Å². The minimum Gasteiger partial charge on any atom is -0.269 e. The number of hydrogen-bond acceptors (Lipinski definition) is 4. The molecule has 144 valence electrons. The van der Waals surface area contributed by atoms with Crippen molar-refractivity contribution in [2.75, 3.05) is 0 Å². The molecule has 0 bridgehead atoms. The van der Waals surface area contributed by atoms with E-state index in [-0.39, 0.29) is 5.56 Å². The van der Waals surface area contributed by atoms with Gasteiger partial charge in [-0.25, -0.2) is 4.98 Å². The van der Waals surface area contributed by atoms with Crippen LogP contribution in [0.25, 0.3) is 39.5 Å². The quantitative estimate of drug-likeness (QED) is 0.386. The first-order valence-corrected chi connectivity index (χ1v) is 10.4. The first kappa shape index (κ1) is 18.2. The molecule has 5 heteroatoms. The van der Waals surface area contributed by atoms with Gasteiger partial charge in [0.25, 0.3) is 5.56 Å². The Bertz CT molecular complexity index is 1390. The summed E-state index contributed by atoms with van der Waals surface area (Å²) in [5.41, 5.74) is 5.67. The third-order valence-corrected chi connectivity index (χ3v) is 5.67. The fraction of sp³-hybridized carbons (Fsp3) is 0. The lowest BCUT2D eigenvalue weighted by molar-refractivity contribution is 1.08. The van der Waals surface area contributed by atoms with E-state index in [2.05, 4.69) is 34.2 Å². The van der Waals surface area contributed by atoms with Crippen LogP contribution in [0.4, 0.5) is 0 Å². The summed E-state index contributed by atoms with van der Waals surface area (Å²) >= 11 is 1.46. The standard InChI is InChI=1S/C25H17N3OS/c29-24-15-22(13-8-18-5-4-14-26-16-18)27-25-28(24)23(17-30-25)21-11-9-20(10-12-21)19-6-2-1-3-7-19/h1-17H/b13-8+. The molecular formula is C25H17N3OS. The molecule has 0 saturated heterocycles. The molecule has 0 aliphatic rings. The SMILES string of the molecule is O=c1cc(/C=C/c2cccnc2)nc2scc(-c3ccc(-c4ccccc4)cc3)n12. The number of thiazole rings is 1. The van der Waals surface area contributed by atoms with E-state index in [1.165, 1.54) is 16.9 Å². The zero-order valence-corrected chi connectivity index (χ0v) is 16.8. The van der Waals surface area contributed by atoms with Gasteiger partial charge < -0.3 is 0 Å². The number of hydrogen-bond donors (Lipinski definition) is 0. The van der Waals surface area contributed by atoms with Crippen LogP contribution in [0.1, 0.15) is 11.3 Å². The van der Waals surface area contributed by atoms with Crippen LogP contribution in [0.5, 0.6) is 0 Å². The van der Waals surface area contributed by atoms with Crippen LogP contribution in [0.15, 0.2) is 95.4 Å². The van der Waals surface area contributed by atoms with E-state index in [0.29, 0.717) is 10.7 Å². The van der Waals surface area contributed by atoms with Gasteiger partial charge in [-0.15, -0.1) is 11.3 Å². The molecule has 30 heavy (non-hydrogen) atoms. The fourth-order valence-corrected chi connectivity index (χ4v) is 4.25. The summed E-state index contributed by atoms with van der Waals surface area (Å²) in [6, 6.07) is 23.9. The molecule has 0 fully saturated rings. The first-order valence-electron chi connectivity index (χ1n) is 9.53. The van der Waals surface area contributed by atoms with E-state index in [9.17, 15) is 4.79 Å². The summed E-state index contributed by atoms with van der Waals surface area (Å²) in [6.45, 7) is 0. The molecule has 5 rings (SSSR count). The highest BCUT2D eigenvalue weighted by Crippen LogP contribution is 2.27. The Balaban J connectivity index is 1.49. The van der Waals surface area contributed by atoms with Crippen molar-refractivity contribution in [1.29, 1.82) is 0 Å². The molecule has 2 aromatic carbocycles. The molecule has 0 amide bonds. The van der Waals surface area contributed by atoms with Crippen molar-refractivity contribution in [2.45, 2.75) is 0 Å². The molecule has 0 spiro atoms. The highest BCUT2D eigenvalue weighted by Gasteiger charge is 2.10. The van der Waals surface area contributed by atoms with Crippen LogP contribution < -0.4 is 5.56 Å². The van der Waals surface area contributed by atoms with Crippen molar-refractivity contribution in [3.8, 4) is 22.4 Å². The first-order chi connectivity index (χ1) is 14.8. The van der Waals surface area contributed by atoms with Gasteiger partial charge in [0.15, 0.2) is 4.96 Å². The maximum Gasteiger partial charge on any atom is 0.259 e. The summed E-state index contributed by atoms with van der Waals surface area (Å²) in [5, 5.41) is 1.98. The molecule has 0 unspecified atom stereocenters. The predicted molar refractivity (Wildman–Crippen MR) is 123 cm³/mol. The van der Waals surface area contributed by atoms with Gasteiger partial charge in [-0.2, -0.15) is 0 Å². The molecule has 0 atom stereocenters. The maximum absolute atomic E-state index is 12.8. The van der Waals surface area contributed by atoms with Crippen molar-refractivity contribution in [1.82, 2.24) is 14.4 Å². The predicted octanol–water partition coefficient (Wildman–Crippen LogP) is 5.66. The smallest absolute Gasteiger partial charge is 0.259 e. The Hall–Kier alpha value is -3.83. The third-order valence-electron chi connectivity index (χ3n) is 4.84. The van der Waals surface area contributed by atoms with Crippen molar-refractivity contribution < 1.29 is 0 Å². The van der Waals surface area contributed by atoms with Gasteiger partial charge >= 0.3 is 0 Å². The Kier molecular flexibility index (Phi) is 4.79. The molecular weight excluding hydrogens is 390 g/mol. The van der Waals surface area contributed by atoms with Crippen LogP contribution in [-0.2, 0) is 0 Å². The van der Waals surface area contributed by atoms with E-state index < -0.39 is 0 Å². The van der Waals surface area contributed by atoms with Crippen molar-refractivity contribution >= 4 is 28.4 Å². The molecule has 0 radical (unpaired) electrons. The number of benzene rings is 2. The molecule has 0 aliphatic heterocycles. The van der Waals surface area contributed by atoms with E-state index in [0.717, 1.165) is 22.4 Å². The third kappa shape index (κ3) is 3.58. The summed E-state index contributed by atoms with van der Waals surface area (Å²) in [4.78, 5) is 22.2. The van der Waals surface area contributed by atoms with Gasteiger partial charge in [0.1, 0.15) is 0 Å². The Morgan fingerprint density at radius 2 is 1.60 bits per heavy atom. The molecule has 5 aromatic rings. The second kappa shape index (κ2) is 7.89. The minimum atomic E-state index is -0.0887. The lowest BCUT2D eigenvalue weighted by Crippen LogP contribution is -2.13. The van der Waals surface area contributed by atoms with E-state index in [1.54, 1.807) is 22.9 Å². The van der Waals surface area contributed by atoms with Gasteiger partial charge in [0.05, 0.1) is 11.4 Å². The number of pyridine rings is 1. The van der Waals surface area contributed by atoms with Crippen molar-refractivity contribution in [3.63, 3.8) is 0 Å². The van der Waals surface area contributed by atoms with Gasteiger partial charge in [0, 0.05) is 23.8 Å². The number of nitrogens with zero attached hydrogens (tertiary/aromatic N) is 3. The largest absolute Gasteiger partial charge is 0.269 e. The van der Waals surface area contributed by atoms with Gasteiger partial charge in [-0.1, -0.05) is 66.7 Å². The van der Waals surface area contributed by atoms with Gasteiger partial charge in [0.2, 0.25) is 0 Å². The zero-order valence-electron chi connectivity index (χ0n) is 16.0. The lowest BCUT2D eigenvalue weighted by Gasteiger charge is -2.05. The molecule has 3 heterocycles. The fourth-order valence-electron chi connectivity index (χ4n) is 3.34. The summed E-state index contributed by atoms with van der Waals surface area (Å²) in [5.74, 6) is 0. The van der Waals surface area contributed by atoms with Crippen LogP contribution in [-0.4, -0.2) is 14.4 Å². The van der Waals surface area contributed by atoms with Gasteiger partial charge in [-0.05, 0) is 34.4 Å². The highest BCUT2D eigenvalue weighted by atomic mass is 32.1. The summed E-state index contributed by atoms with van der Waals surface area (Å²) in [6.07, 6.45) is 7.24. The Morgan fingerprint density at radius 1 is 0.833 bits per heavy atom. The Labute approximate surface area is 177 Å².